The summed E-state index contributed by atoms with van der Waals surface area (Å²) in [5.41, 5.74) is 0.504. The summed E-state index contributed by atoms with van der Waals surface area (Å²) < 4.78 is 39.6. The van der Waals surface area contributed by atoms with E-state index in [1.165, 1.54) is 0 Å². The second-order valence-corrected chi connectivity index (χ2v) is 5.86. The van der Waals surface area contributed by atoms with Crippen molar-refractivity contribution in [2.45, 2.75) is 31.9 Å². The maximum Gasteiger partial charge on any atom is 0.392 e. The summed E-state index contributed by atoms with van der Waals surface area (Å²) in [5.74, 6) is -3.06. The van der Waals surface area contributed by atoms with Crippen LogP contribution in [0.5, 0.6) is 0 Å². The molecular weight excluding hydrogens is 335 g/mol. The van der Waals surface area contributed by atoms with Crippen LogP contribution in [0.1, 0.15) is 25.7 Å². The zero-order valence-corrected chi connectivity index (χ0v) is 12.3. The van der Waals surface area contributed by atoms with Gasteiger partial charge in [0, 0.05) is 10.4 Å². The van der Waals surface area contributed by atoms with Gasteiger partial charge in [-0.1, -0.05) is 25.0 Å². The van der Waals surface area contributed by atoms with Gasteiger partial charge in [-0.25, -0.2) is 0 Å². The summed E-state index contributed by atoms with van der Waals surface area (Å²) in [5, 5.41) is 2.60. The Labute approximate surface area is 123 Å². The number of hydrogen-bond acceptors (Lipinski definition) is 1. The quantitative estimate of drug-likeness (QED) is 0.819. The highest BCUT2D eigenvalue weighted by molar-refractivity contribution is 9.10. The monoisotopic (exact) mass is 349 g/mol. The Morgan fingerprint density at radius 1 is 1.20 bits per heavy atom. The van der Waals surface area contributed by atoms with Crippen molar-refractivity contribution in [2.75, 3.05) is 5.32 Å². The van der Waals surface area contributed by atoms with Crippen LogP contribution in [-0.2, 0) is 4.79 Å². The molecular formula is C14H15BrF3NO. The molecule has 0 bridgehead atoms. The van der Waals surface area contributed by atoms with E-state index < -0.39 is 23.9 Å². The lowest BCUT2D eigenvalue weighted by Gasteiger charge is -2.32. The summed E-state index contributed by atoms with van der Waals surface area (Å²) in [7, 11) is 0. The number of alkyl halides is 3. The van der Waals surface area contributed by atoms with Gasteiger partial charge >= 0.3 is 6.18 Å². The highest BCUT2D eigenvalue weighted by Crippen LogP contribution is 2.42. The molecule has 1 saturated carbocycles. The second-order valence-electron chi connectivity index (χ2n) is 5.01. The van der Waals surface area contributed by atoms with E-state index in [0.29, 0.717) is 29.4 Å². The van der Waals surface area contributed by atoms with Gasteiger partial charge in [-0.2, -0.15) is 13.2 Å². The van der Waals surface area contributed by atoms with Crippen LogP contribution in [-0.4, -0.2) is 12.1 Å². The number of carbonyl (C=O) groups excluding carboxylic acids is 1. The fraction of sp³-hybridized carbons (Fsp3) is 0.500. The van der Waals surface area contributed by atoms with Crippen LogP contribution in [0.25, 0.3) is 0 Å². The van der Waals surface area contributed by atoms with Gasteiger partial charge in [0.05, 0.1) is 11.6 Å². The topological polar surface area (TPSA) is 29.1 Å². The molecule has 6 heteroatoms. The molecule has 1 amide bonds. The first-order valence-electron chi connectivity index (χ1n) is 6.51. The molecule has 0 aliphatic heterocycles. The first-order valence-corrected chi connectivity index (χ1v) is 7.31. The lowest BCUT2D eigenvalue weighted by atomic mass is 9.78. The van der Waals surface area contributed by atoms with Crippen LogP contribution < -0.4 is 5.32 Å². The number of carbonyl (C=O) groups is 1. The molecule has 0 aromatic heterocycles. The molecule has 2 atom stereocenters. The van der Waals surface area contributed by atoms with Crippen molar-refractivity contribution in [1.82, 2.24) is 0 Å². The Kier molecular flexibility index (Phi) is 4.73. The highest BCUT2D eigenvalue weighted by Gasteiger charge is 2.48. The van der Waals surface area contributed by atoms with E-state index in [1.54, 1.807) is 24.3 Å². The number of para-hydroxylation sites is 1. The molecule has 1 aliphatic rings. The van der Waals surface area contributed by atoms with Crippen LogP contribution in [0.4, 0.5) is 18.9 Å². The Bertz CT molecular complexity index is 490. The summed E-state index contributed by atoms with van der Waals surface area (Å²) >= 11 is 3.27. The molecule has 0 heterocycles. The molecule has 20 heavy (non-hydrogen) atoms. The van der Waals surface area contributed by atoms with Gasteiger partial charge in [-0.15, -0.1) is 0 Å². The van der Waals surface area contributed by atoms with Crippen molar-refractivity contribution < 1.29 is 18.0 Å². The summed E-state index contributed by atoms with van der Waals surface area (Å²) in [6.45, 7) is 0. The standard InChI is InChI=1S/C14H15BrF3NO/c15-11-7-3-4-8-12(11)19-13(20)9-5-1-2-6-10(9)14(16,17)18/h3-4,7-10H,1-2,5-6H2,(H,19,20). The Balaban J connectivity index is 2.13. The molecule has 110 valence electrons. The van der Waals surface area contributed by atoms with Crippen LogP contribution in [0.2, 0.25) is 0 Å². The van der Waals surface area contributed by atoms with Crippen LogP contribution >= 0.6 is 15.9 Å². The first-order chi connectivity index (χ1) is 9.39. The number of halogens is 4. The zero-order chi connectivity index (χ0) is 14.8. The number of anilines is 1. The Hall–Kier alpha value is -1.04. The smallest absolute Gasteiger partial charge is 0.325 e. The number of rotatable bonds is 2. The molecule has 0 radical (unpaired) electrons. The van der Waals surface area contributed by atoms with E-state index in [1.807, 2.05) is 0 Å². The third-order valence-corrected chi connectivity index (χ3v) is 4.35. The minimum atomic E-state index is -4.31. The van der Waals surface area contributed by atoms with Gasteiger partial charge in [0.1, 0.15) is 0 Å². The van der Waals surface area contributed by atoms with Crippen LogP contribution in [0.3, 0.4) is 0 Å². The van der Waals surface area contributed by atoms with Crippen molar-refractivity contribution in [3.05, 3.63) is 28.7 Å². The predicted octanol–water partition coefficient (Wildman–Crippen LogP) is 4.76. The van der Waals surface area contributed by atoms with E-state index in [0.717, 1.165) is 0 Å². The molecule has 1 fully saturated rings. The molecule has 1 aromatic rings. The molecule has 1 N–H and O–H groups in total. The zero-order valence-electron chi connectivity index (χ0n) is 10.7. The van der Waals surface area contributed by atoms with Gasteiger partial charge in [-0.3, -0.25) is 4.79 Å². The minimum Gasteiger partial charge on any atom is -0.325 e. The van der Waals surface area contributed by atoms with Gasteiger partial charge in [0.15, 0.2) is 0 Å². The molecule has 2 rings (SSSR count). The molecule has 1 aliphatic carbocycles. The van der Waals surface area contributed by atoms with E-state index in [-0.39, 0.29) is 6.42 Å². The van der Waals surface area contributed by atoms with Gasteiger partial charge in [0.25, 0.3) is 0 Å². The van der Waals surface area contributed by atoms with E-state index in [4.69, 9.17) is 0 Å². The second kappa shape index (κ2) is 6.16. The first kappa shape index (κ1) is 15.4. The van der Waals surface area contributed by atoms with Crippen molar-refractivity contribution in [3.63, 3.8) is 0 Å². The lowest BCUT2D eigenvalue weighted by Crippen LogP contribution is -2.39. The Morgan fingerprint density at radius 2 is 1.85 bits per heavy atom. The predicted molar refractivity (Wildman–Crippen MR) is 74.3 cm³/mol. The van der Waals surface area contributed by atoms with E-state index in [9.17, 15) is 18.0 Å². The number of nitrogens with one attached hydrogen (secondary N) is 1. The molecule has 0 spiro atoms. The largest absolute Gasteiger partial charge is 0.392 e. The summed E-state index contributed by atoms with van der Waals surface area (Å²) in [4.78, 5) is 12.1. The number of benzene rings is 1. The molecule has 2 unspecified atom stereocenters. The highest BCUT2D eigenvalue weighted by atomic mass is 79.9. The third kappa shape index (κ3) is 3.53. The summed E-state index contributed by atoms with van der Waals surface area (Å²) in [6, 6.07) is 6.90. The summed E-state index contributed by atoms with van der Waals surface area (Å²) in [6.07, 6.45) is -2.78. The Morgan fingerprint density at radius 3 is 2.50 bits per heavy atom. The molecule has 2 nitrogen and oxygen atoms in total. The fourth-order valence-corrected chi connectivity index (χ4v) is 3.01. The van der Waals surface area contributed by atoms with Crippen molar-refractivity contribution in [3.8, 4) is 0 Å². The van der Waals surface area contributed by atoms with E-state index in [2.05, 4.69) is 21.2 Å². The van der Waals surface area contributed by atoms with Gasteiger partial charge in [-0.05, 0) is 40.9 Å². The fourth-order valence-electron chi connectivity index (χ4n) is 2.62. The van der Waals surface area contributed by atoms with Crippen molar-refractivity contribution >= 4 is 27.5 Å². The van der Waals surface area contributed by atoms with Crippen LogP contribution in [0.15, 0.2) is 28.7 Å². The number of hydrogen-bond donors (Lipinski definition) is 1. The maximum absolute atomic E-state index is 13.0. The van der Waals surface area contributed by atoms with Gasteiger partial charge in [0.2, 0.25) is 5.91 Å². The average Bonchev–Trinajstić information content (AvgIpc) is 2.40. The third-order valence-electron chi connectivity index (χ3n) is 3.65. The van der Waals surface area contributed by atoms with Crippen molar-refractivity contribution in [2.24, 2.45) is 11.8 Å². The van der Waals surface area contributed by atoms with E-state index >= 15 is 0 Å². The van der Waals surface area contributed by atoms with Crippen molar-refractivity contribution in [1.29, 1.82) is 0 Å². The van der Waals surface area contributed by atoms with Gasteiger partial charge < -0.3 is 5.32 Å². The minimum absolute atomic E-state index is 0.0392. The molecule has 1 aromatic carbocycles. The SMILES string of the molecule is O=C(Nc1ccccc1Br)C1CCCCC1C(F)(F)F. The average molecular weight is 350 g/mol. The normalized spacial score (nSPS) is 23.4. The van der Waals surface area contributed by atoms with Crippen LogP contribution in [0, 0.1) is 11.8 Å². The molecule has 0 saturated heterocycles. The number of amides is 1. The maximum atomic E-state index is 13.0. The lowest BCUT2D eigenvalue weighted by molar-refractivity contribution is -0.197.